The minimum absolute atomic E-state index is 0.00980. The molecule has 0 radical (unpaired) electrons. The van der Waals surface area contributed by atoms with Gasteiger partial charge in [0.15, 0.2) is 0 Å². The fraction of sp³-hybridized carbons (Fsp3) is 0.455. The topological polar surface area (TPSA) is 62.5 Å². The fourth-order valence-electron chi connectivity index (χ4n) is 5.32. The molecule has 3 atom stereocenters. The summed E-state index contributed by atoms with van der Waals surface area (Å²) in [5, 5.41) is 10.2. The van der Waals surface area contributed by atoms with E-state index in [9.17, 15) is 14.7 Å². The number of carbonyl (C=O) groups excluding carboxylic acids is 1. The summed E-state index contributed by atoms with van der Waals surface area (Å²) in [5.41, 5.74) is 0.869. The van der Waals surface area contributed by atoms with Crippen molar-refractivity contribution in [3.05, 3.63) is 59.9 Å². The number of hydrogen-bond donors (Lipinski definition) is 1. The van der Waals surface area contributed by atoms with Crippen molar-refractivity contribution in [3.63, 3.8) is 0 Å². The van der Waals surface area contributed by atoms with Crippen molar-refractivity contribution in [2.75, 3.05) is 0 Å². The summed E-state index contributed by atoms with van der Waals surface area (Å²) >= 11 is 0. The Labute approximate surface area is 158 Å². The molecule has 5 nitrogen and oxygen atoms in total. The van der Waals surface area contributed by atoms with Gasteiger partial charge < -0.3 is 14.6 Å². The van der Waals surface area contributed by atoms with Crippen LogP contribution in [0.1, 0.15) is 54.2 Å². The number of carboxylic acid groups (broad SMARTS) is 1. The van der Waals surface area contributed by atoms with Crippen LogP contribution in [0.25, 0.3) is 0 Å². The summed E-state index contributed by atoms with van der Waals surface area (Å²) in [7, 11) is 0. The summed E-state index contributed by atoms with van der Waals surface area (Å²) in [6.45, 7) is 0. The average Bonchev–Trinajstić information content (AvgIpc) is 3.13. The van der Waals surface area contributed by atoms with Crippen LogP contribution in [-0.4, -0.2) is 38.5 Å². The van der Waals surface area contributed by atoms with Gasteiger partial charge >= 0.3 is 5.97 Å². The molecule has 1 aromatic heterocycles. The van der Waals surface area contributed by atoms with E-state index < -0.39 is 11.4 Å². The van der Waals surface area contributed by atoms with E-state index in [-0.39, 0.29) is 18.0 Å². The molecule has 1 N–H and O–H groups in total. The number of aromatic nitrogens is 1. The molecule has 0 unspecified atom stereocenters. The highest BCUT2D eigenvalue weighted by Crippen LogP contribution is 2.52. The predicted octanol–water partition coefficient (Wildman–Crippen LogP) is 3.51. The van der Waals surface area contributed by atoms with E-state index in [0.717, 1.165) is 36.9 Å². The second-order valence-electron chi connectivity index (χ2n) is 8.32. The van der Waals surface area contributed by atoms with Crippen LogP contribution >= 0.6 is 0 Å². The number of amides is 1. The lowest BCUT2D eigenvalue weighted by Crippen LogP contribution is -2.46. The van der Waals surface area contributed by atoms with Crippen molar-refractivity contribution in [2.45, 2.75) is 56.7 Å². The van der Waals surface area contributed by atoms with Gasteiger partial charge in [0, 0.05) is 24.3 Å². The molecule has 3 fully saturated rings. The van der Waals surface area contributed by atoms with Crippen molar-refractivity contribution >= 4 is 11.9 Å². The second-order valence-corrected chi connectivity index (χ2v) is 8.32. The van der Waals surface area contributed by atoms with Crippen LogP contribution < -0.4 is 0 Å². The lowest BCUT2D eigenvalue weighted by atomic mass is 9.70. The normalized spacial score (nSPS) is 29.3. The van der Waals surface area contributed by atoms with Gasteiger partial charge in [-0.25, -0.2) is 0 Å². The Kier molecular flexibility index (Phi) is 3.67. The summed E-state index contributed by atoms with van der Waals surface area (Å²) in [6.07, 6.45) is 6.95. The van der Waals surface area contributed by atoms with Gasteiger partial charge in [-0.05, 0) is 56.2 Å². The number of carbonyl (C=O) groups is 2. The number of aliphatic carboxylic acids is 1. The molecule has 1 aliphatic carbocycles. The molecular weight excluding hydrogens is 340 g/mol. The molecule has 3 heterocycles. The standard InChI is InChI=1S/C22H24N2O3/c25-20(18-7-4-12-23(18)16-8-9-16)24-17-10-11-19(24)22(14-17,21(26)27)13-15-5-2-1-3-6-15/h1-7,12,16-17,19H,8-11,13-14H2,(H,26,27)/t17-,19+,22+/m0/s1. The lowest BCUT2D eigenvalue weighted by molar-refractivity contribution is -0.150. The van der Waals surface area contributed by atoms with E-state index in [4.69, 9.17) is 0 Å². The molecule has 3 aliphatic rings. The molecule has 140 valence electrons. The van der Waals surface area contributed by atoms with Gasteiger partial charge in [0.2, 0.25) is 0 Å². The summed E-state index contributed by atoms with van der Waals surface area (Å²) in [4.78, 5) is 27.7. The molecule has 5 heteroatoms. The van der Waals surface area contributed by atoms with Gasteiger partial charge in [-0.15, -0.1) is 0 Å². The van der Waals surface area contributed by atoms with E-state index in [1.165, 1.54) is 0 Å². The SMILES string of the molecule is O=C(c1cccn1C1CC1)N1[C@H]2CC[C@@H]1[C@](Cc1ccccc1)(C(=O)O)C2. The zero-order valence-corrected chi connectivity index (χ0v) is 15.3. The number of rotatable bonds is 5. The molecule has 2 aliphatic heterocycles. The fourth-order valence-corrected chi connectivity index (χ4v) is 5.32. The zero-order valence-electron chi connectivity index (χ0n) is 15.3. The third kappa shape index (κ3) is 2.52. The molecule has 0 spiro atoms. The van der Waals surface area contributed by atoms with Gasteiger partial charge in [-0.2, -0.15) is 0 Å². The number of fused-ring (bicyclic) bond motifs is 2. The Balaban J connectivity index is 1.48. The zero-order chi connectivity index (χ0) is 18.6. The van der Waals surface area contributed by atoms with E-state index in [1.54, 1.807) is 0 Å². The number of nitrogens with zero attached hydrogens (tertiary/aromatic N) is 2. The molecular formula is C22H24N2O3. The lowest BCUT2D eigenvalue weighted by Gasteiger charge is -2.33. The largest absolute Gasteiger partial charge is 0.481 e. The van der Waals surface area contributed by atoms with E-state index in [2.05, 4.69) is 4.57 Å². The molecule has 5 rings (SSSR count). The Bertz CT molecular complexity index is 886. The first-order valence-electron chi connectivity index (χ1n) is 9.87. The average molecular weight is 364 g/mol. The molecule has 2 saturated heterocycles. The van der Waals surface area contributed by atoms with Crippen molar-refractivity contribution in [2.24, 2.45) is 5.41 Å². The minimum atomic E-state index is -0.878. The maximum Gasteiger partial charge on any atom is 0.312 e. The van der Waals surface area contributed by atoms with Gasteiger partial charge in [0.05, 0.1) is 5.41 Å². The Morgan fingerprint density at radius 2 is 1.74 bits per heavy atom. The number of carboxylic acids is 1. The van der Waals surface area contributed by atoms with E-state index in [1.807, 2.05) is 53.6 Å². The molecule has 1 saturated carbocycles. The molecule has 2 aromatic rings. The Hall–Kier alpha value is -2.56. The van der Waals surface area contributed by atoms with Crippen LogP contribution in [0.2, 0.25) is 0 Å². The molecule has 2 bridgehead atoms. The monoisotopic (exact) mass is 364 g/mol. The Morgan fingerprint density at radius 3 is 2.44 bits per heavy atom. The Morgan fingerprint density at radius 1 is 1.00 bits per heavy atom. The number of hydrogen-bond acceptors (Lipinski definition) is 2. The third-order valence-electron chi connectivity index (χ3n) is 6.70. The first kappa shape index (κ1) is 16.6. The van der Waals surface area contributed by atoms with Gasteiger partial charge in [0.25, 0.3) is 5.91 Å². The van der Waals surface area contributed by atoms with Gasteiger partial charge in [-0.1, -0.05) is 30.3 Å². The van der Waals surface area contributed by atoms with Crippen molar-refractivity contribution in [1.82, 2.24) is 9.47 Å². The van der Waals surface area contributed by atoms with Gasteiger partial charge in [0.1, 0.15) is 5.69 Å². The first-order chi connectivity index (χ1) is 13.1. The van der Waals surface area contributed by atoms with Crippen LogP contribution in [0.15, 0.2) is 48.7 Å². The summed E-state index contributed by atoms with van der Waals surface area (Å²) in [5.74, 6) is -0.760. The maximum atomic E-state index is 13.4. The highest BCUT2D eigenvalue weighted by molar-refractivity contribution is 5.95. The third-order valence-corrected chi connectivity index (χ3v) is 6.70. The predicted molar refractivity (Wildman–Crippen MR) is 101 cm³/mol. The van der Waals surface area contributed by atoms with Crippen LogP contribution in [0.3, 0.4) is 0 Å². The molecule has 1 aromatic carbocycles. The smallest absolute Gasteiger partial charge is 0.312 e. The molecule has 27 heavy (non-hydrogen) atoms. The van der Waals surface area contributed by atoms with E-state index >= 15 is 0 Å². The maximum absolute atomic E-state index is 13.4. The van der Waals surface area contributed by atoms with Crippen molar-refractivity contribution < 1.29 is 14.7 Å². The van der Waals surface area contributed by atoms with Crippen LogP contribution in [-0.2, 0) is 11.2 Å². The summed E-state index contributed by atoms with van der Waals surface area (Å²) < 4.78 is 2.08. The highest BCUT2D eigenvalue weighted by Gasteiger charge is 2.61. The van der Waals surface area contributed by atoms with Gasteiger partial charge in [-0.3, -0.25) is 9.59 Å². The van der Waals surface area contributed by atoms with E-state index in [0.29, 0.717) is 18.9 Å². The molecule has 1 amide bonds. The van der Waals surface area contributed by atoms with Crippen molar-refractivity contribution in [3.8, 4) is 0 Å². The van der Waals surface area contributed by atoms with Crippen LogP contribution in [0, 0.1) is 5.41 Å². The van der Waals surface area contributed by atoms with Crippen LogP contribution in [0.5, 0.6) is 0 Å². The highest BCUT2D eigenvalue weighted by atomic mass is 16.4. The number of benzene rings is 1. The summed E-state index contributed by atoms with van der Waals surface area (Å²) in [6, 6.07) is 13.9. The minimum Gasteiger partial charge on any atom is -0.481 e. The van der Waals surface area contributed by atoms with Crippen molar-refractivity contribution in [1.29, 1.82) is 0 Å². The second kappa shape index (κ2) is 5.98. The first-order valence-corrected chi connectivity index (χ1v) is 9.87. The van der Waals surface area contributed by atoms with Crippen LogP contribution in [0.4, 0.5) is 0 Å². The quantitative estimate of drug-likeness (QED) is 0.883.